The fourth-order valence-corrected chi connectivity index (χ4v) is 1.02. The summed E-state index contributed by atoms with van der Waals surface area (Å²) >= 11 is 1.42. The van der Waals surface area contributed by atoms with E-state index in [0.29, 0.717) is 5.94 Å². The highest BCUT2D eigenvalue weighted by atomic mass is 32.2. The molecule has 1 rings (SSSR count). The van der Waals surface area contributed by atoms with Crippen LogP contribution >= 0.6 is 11.8 Å². The van der Waals surface area contributed by atoms with Crippen molar-refractivity contribution in [2.45, 2.75) is 12.8 Å². The van der Waals surface area contributed by atoms with Gasteiger partial charge >= 0.3 is 0 Å². The largest absolute Gasteiger partial charge is 0.272 e. The highest BCUT2D eigenvalue weighted by Crippen LogP contribution is 2.12. The molecule has 62 valence electrons. The second kappa shape index (κ2) is 3.73. The Kier molecular flexibility index (Phi) is 2.90. The number of amides is 2. The third-order valence-corrected chi connectivity index (χ3v) is 1.65. The maximum atomic E-state index is 10.9. The molecule has 0 aromatic carbocycles. The summed E-state index contributed by atoms with van der Waals surface area (Å²) in [5, 5.41) is 0.858. The highest BCUT2D eigenvalue weighted by molar-refractivity contribution is 7.98. The lowest BCUT2D eigenvalue weighted by Crippen LogP contribution is -2.28. The molecule has 1 aliphatic rings. The number of hydroxylamine groups is 2. The van der Waals surface area contributed by atoms with Crippen LogP contribution in [-0.2, 0) is 14.4 Å². The molecule has 1 fully saturated rings. The molecule has 1 saturated heterocycles. The van der Waals surface area contributed by atoms with Gasteiger partial charge in [-0.15, -0.1) is 11.8 Å². The molecule has 4 nitrogen and oxygen atoms in total. The molecular weight excluding hydrogens is 166 g/mol. The van der Waals surface area contributed by atoms with Crippen LogP contribution in [-0.4, -0.2) is 29.1 Å². The highest BCUT2D eigenvalue weighted by Gasteiger charge is 2.29. The molecule has 2 amide bonds. The minimum Gasteiger partial charge on any atom is -0.272 e. The van der Waals surface area contributed by atoms with Crippen LogP contribution in [0.25, 0.3) is 0 Å². The van der Waals surface area contributed by atoms with Crippen LogP contribution in [0.15, 0.2) is 0 Å². The molecular formula is C6H9NO3S. The minimum atomic E-state index is -0.232. The lowest BCUT2D eigenvalue weighted by atomic mass is 10.4. The van der Waals surface area contributed by atoms with Gasteiger partial charge in [0.1, 0.15) is 5.94 Å². The van der Waals surface area contributed by atoms with Gasteiger partial charge in [0.2, 0.25) is 0 Å². The quantitative estimate of drug-likeness (QED) is 0.460. The fourth-order valence-electron chi connectivity index (χ4n) is 0.805. The lowest BCUT2D eigenvalue weighted by Gasteiger charge is -2.11. The molecule has 0 spiro atoms. The summed E-state index contributed by atoms with van der Waals surface area (Å²) in [4.78, 5) is 26.6. The Morgan fingerprint density at radius 1 is 1.45 bits per heavy atom. The van der Waals surface area contributed by atoms with Crippen LogP contribution < -0.4 is 0 Å². The van der Waals surface area contributed by atoms with Crippen molar-refractivity contribution in [3.63, 3.8) is 0 Å². The third kappa shape index (κ3) is 1.94. The summed E-state index contributed by atoms with van der Waals surface area (Å²) in [5.74, 6) is -0.120. The standard InChI is InChI=1S/C6H9NO3S/c1-11-4-10-7-5(8)2-3-6(7)9/h2-4H2,1H3. The Hall–Kier alpha value is -0.550. The van der Waals surface area contributed by atoms with E-state index in [2.05, 4.69) is 0 Å². The van der Waals surface area contributed by atoms with E-state index in [0.717, 1.165) is 5.06 Å². The predicted octanol–water partition coefficient (Wildman–Crippen LogP) is 0.387. The number of nitrogens with zero attached hydrogens (tertiary/aromatic N) is 1. The summed E-state index contributed by atoms with van der Waals surface area (Å²) in [6, 6.07) is 0. The summed E-state index contributed by atoms with van der Waals surface area (Å²) in [7, 11) is 0. The van der Waals surface area contributed by atoms with E-state index in [1.165, 1.54) is 11.8 Å². The zero-order chi connectivity index (χ0) is 8.27. The molecule has 11 heavy (non-hydrogen) atoms. The minimum absolute atomic E-state index is 0.232. The summed E-state index contributed by atoms with van der Waals surface area (Å²) in [6.07, 6.45) is 2.41. The number of thioether (sulfide) groups is 1. The molecule has 0 aromatic heterocycles. The van der Waals surface area contributed by atoms with E-state index >= 15 is 0 Å². The predicted molar refractivity (Wildman–Crippen MR) is 40.6 cm³/mol. The fraction of sp³-hybridized carbons (Fsp3) is 0.667. The number of imide groups is 1. The van der Waals surface area contributed by atoms with E-state index in [1.54, 1.807) is 0 Å². The zero-order valence-corrected chi connectivity index (χ0v) is 7.02. The van der Waals surface area contributed by atoms with Gasteiger partial charge < -0.3 is 0 Å². The Balaban J connectivity index is 2.41. The Morgan fingerprint density at radius 3 is 2.45 bits per heavy atom. The number of carbonyl (C=O) groups excluding carboxylic acids is 2. The first-order valence-electron chi connectivity index (χ1n) is 3.23. The number of rotatable bonds is 3. The molecule has 1 aliphatic heterocycles. The van der Waals surface area contributed by atoms with Gasteiger partial charge in [0.05, 0.1) is 0 Å². The van der Waals surface area contributed by atoms with E-state index in [1.807, 2.05) is 6.26 Å². The van der Waals surface area contributed by atoms with Gasteiger partial charge in [-0.25, -0.2) is 0 Å². The normalized spacial score (nSPS) is 18.1. The summed E-state index contributed by atoms with van der Waals surface area (Å²) in [5.41, 5.74) is 0. The average molecular weight is 175 g/mol. The van der Waals surface area contributed by atoms with Crippen molar-refractivity contribution in [1.82, 2.24) is 5.06 Å². The van der Waals surface area contributed by atoms with Gasteiger partial charge in [0.15, 0.2) is 0 Å². The first-order chi connectivity index (χ1) is 5.25. The maximum absolute atomic E-state index is 10.9. The van der Waals surface area contributed by atoms with E-state index in [-0.39, 0.29) is 24.7 Å². The first kappa shape index (κ1) is 8.55. The molecule has 0 saturated carbocycles. The zero-order valence-electron chi connectivity index (χ0n) is 6.20. The molecule has 1 heterocycles. The second-order valence-electron chi connectivity index (χ2n) is 2.12. The summed E-state index contributed by atoms with van der Waals surface area (Å²) < 4.78 is 0. The van der Waals surface area contributed by atoms with Crippen molar-refractivity contribution in [3.8, 4) is 0 Å². The van der Waals surface area contributed by atoms with Crippen LogP contribution in [0, 0.1) is 0 Å². The molecule has 0 unspecified atom stereocenters. The van der Waals surface area contributed by atoms with E-state index in [4.69, 9.17) is 4.84 Å². The Morgan fingerprint density at radius 2 is 2.00 bits per heavy atom. The third-order valence-electron chi connectivity index (χ3n) is 1.31. The molecule has 0 aromatic rings. The van der Waals surface area contributed by atoms with Crippen molar-refractivity contribution in [2.75, 3.05) is 12.2 Å². The van der Waals surface area contributed by atoms with Gasteiger partial charge in [-0.1, -0.05) is 0 Å². The SMILES string of the molecule is CSCON1C(=O)CCC1=O. The maximum Gasteiger partial charge on any atom is 0.254 e. The van der Waals surface area contributed by atoms with Crippen molar-refractivity contribution in [1.29, 1.82) is 0 Å². The van der Waals surface area contributed by atoms with Crippen LogP contribution in [0.1, 0.15) is 12.8 Å². The topological polar surface area (TPSA) is 46.6 Å². The van der Waals surface area contributed by atoms with Crippen molar-refractivity contribution in [3.05, 3.63) is 0 Å². The second-order valence-corrected chi connectivity index (χ2v) is 2.93. The van der Waals surface area contributed by atoms with E-state index in [9.17, 15) is 9.59 Å². The molecule has 5 heteroatoms. The van der Waals surface area contributed by atoms with E-state index < -0.39 is 0 Å². The number of hydrogen-bond acceptors (Lipinski definition) is 4. The van der Waals surface area contributed by atoms with Gasteiger partial charge in [-0.2, -0.15) is 5.06 Å². The van der Waals surface area contributed by atoms with Gasteiger partial charge in [-0.3, -0.25) is 14.4 Å². The van der Waals surface area contributed by atoms with Gasteiger partial charge in [-0.05, 0) is 6.26 Å². The molecule has 0 atom stereocenters. The molecule has 0 aliphatic carbocycles. The average Bonchev–Trinajstić information content (AvgIpc) is 2.29. The van der Waals surface area contributed by atoms with Crippen LogP contribution in [0.2, 0.25) is 0 Å². The Bertz CT molecular complexity index is 167. The summed E-state index contributed by atoms with van der Waals surface area (Å²) in [6.45, 7) is 0. The van der Waals surface area contributed by atoms with Crippen molar-refractivity contribution in [2.24, 2.45) is 0 Å². The number of hydrogen-bond donors (Lipinski definition) is 0. The lowest BCUT2D eigenvalue weighted by molar-refractivity contribution is -0.181. The molecule has 0 N–H and O–H groups in total. The molecule has 0 radical (unpaired) electrons. The first-order valence-corrected chi connectivity index (χ1v) is 4.62. The van der Waals surface area contributed by atoms with Crippen LogP contribution in [0.3, 0.4) is 0 Å². The smallest absolute Gasteiger partial charge is 0.254 e. The van der Waals surface area contributed by atoms with Crippen LogP contribution in [0.4, 0.5) is 0 Å². The van der Waals surface area contributed by atoms with Crippen molar-refractivity contribution < 1.29 is 14.4 Å². The molecule has 0 bridgehead atoms. The number of carbonyl (C=O) groups is 2. The van der Waals surface area contributed by atoms with Gasteiger partial charge in [0.25, 0.3) is 11.8 Å². The Labute approximate surface area is 68.8 Å². The monoisotopic (exact) mass is 175 g/mol. The van der Waals surface area contributed by atoms with Gasteiger partial charge in [0, 0.05) is 12.8 Å². The van der Waals surface area contributed by atoms with Crippen molar-refractivity contribution >= 4 is 23.6 Å². The van der Waals surface area contributed by atoms with Crippen LogP contribution in [0.5, 0.6) is 0 Å².